The molecule has 0 rings (SSSR count). The Morgan fingerprint density at radius 1 is 1.33 bits per heavy atom. The molecule has 0 spiro atoms. The number of aliphatic hydroxyl groups is 1. The average molecular weight is 260 g/mol. The third kappa shape index (κ3) is 6.56. The van der Waals surface area contributed by atoms with Crippen LogP contribution in [0, 0.1) is 5.41 Å². The first-order valence-corrected chi connectivity index (χ1v) is 6.10. The maximum Gasteiger partial charge on any atom is 0.328 e. The number of nitrogens with two attached hydrogens (primary N) is 1. The molecule has 0 aromatic rings. The maximum atomic E-state index is 11.6. The molecule has 2 atom stereocenters. The Bertz CT molecular complexity index is 290. The van der Waals surface area contributed by atoms with Gasteiger partial charge in [-0.1, -0.05) is 13.8 Å². The van der Waals surface area contributed by atoms with Gasteiger partial charge in [-0.15, -0.1) is 0 Å². The number of carboxylic acids is 1. The number of rotatable bonds is 8. The molecule has 6 heteroatoms. The van der Waals surface area contributed by atoms with Gasteiger partial charge < -0.3 is 21.3 Å². The fourth-order valence-electron chi connectivity index (χ4n) is 1.60. The topological polar surface area (TPSA) is 113 Å². The van der Waals surface area contributed by atoms with Crippen LogP contribution in [0.15, 0.2) is 0 Å². The van der Waals surface area contributed by atoms with Gasteiger partial charge in [0.1, 0.15) is 0 Å². The maximum absolute atomic E-state index is 11.6. The molecule has 0 aliphatic heterocycles. The first kappa shape index (κ1) is 16.9. The Balaban J connectivity index is 4.22. The number of hydrogen-bond acceptors (Lipinski definition) is 4. The summed E-state index contributed by atoms with van der Waals surface area (Å²) in [5, 5.41) is 20.4. The van der Waals surface area contributed by atoms with E-state index in [9.17, 15) is 14.7 Å². The molecule has 1 amide bonds. The van der Waals surface area contributed by atoms with E-state index in [2.05, 4.69) is 5.32 Å². The third-order valence-electron chi connectivity index (χ3n) is 2.91. The number of amides is 1. The predicted molar refractivity (Wildman–Crippen MR) is 67.9 cm³/mol. The first-order valence-electron chi connectivity index (χ1n) is 6.10. The van der Waals surface area contributed by atoms with Crippen molar-refractivity contribution in [2.24, 2.45) is 11.1 Å². The van der Waals surface area contributed by atoms with E-state index in [-0.39, 0.29) is 17.7 Å². The lowest BCUT2D eigenvalue weighted by Gasteiger charge is -2.24. The smallest absolute Gasteiger partial charge is 0.328 e. The number of nitrogens with one attached hydrogen (secondary N) is 1. The Morgan fingerprint density at radius 3 is 2.28 bits per heavy atom. The second-order valence-electron chi connectivity index (χ2n) is 5.33. The van der Waals surface area contributed by atoms with Gasteiger partial charge in [-0.2, -0.15) is 0 Å². The van der Waals surface area contributed by atoms with Gasteiger partial charge in [0.15, 0.2) is 6.04 Å². The molecule has 0 aliphatic carbocycles. The minimum Gasteiger partial charge on any atom is -0.480 e. The van der Waals surface area contributed by atoms with Crippen molar-refractivity contribution in [3.05, 3.63) is 0 Å². The van der Waals surface area contributed by atoms with Crippen LogP contribution in [-0.4, -0.2) is 40.8 Å². The zero-order chi connectivity index (χ0) is 14.3. The lowest BCUT2D eigenvalue weighted by molar-refractivity contribution is -0.144. The Morgan fingerprint density at radius 2 is 1.89 bits per heavy atom. The Kier molecular flexibility index (Phi) is 6.86. The van der Waals surface area contributed by atoms with Crippen molar-refractivity contribution < 1.29 is 19.8 Å². The fraction of sp³-hybridized carbons (Fsp3) is 0.833. The number of carbonyl (C=O) groups is 2. The largest absolute Gasteiger partial charge is 0.480 e. The van der Waals surface area contributed by atoms with Crippen molar-refractivity contribution in [1.29, 1.82) is 0 Å². The molecule has 18 heavy (non-hydrogen) atoms. The molecule has 5 N–H and O–H groups in total. The van der Waals surface area contributed by atoms with Gasteiger partial charge in [-0.05, 0) is 31.7 Å². The summed E-state index contributed by atoms with van der Waals surface area (Å²) in [6, 6.07) is -1.25. The van der Waals surface area contributed by atoms with Crippen LogP contribution in [0.4, 0.5) is 0 Å². The molecule has 0 radical (unpaired) electrons. The fourth-order valence-corrected chi connectivity index (χ4v) is 1.60. The molecule has 0 fully saturated rings. The molecule has 0 aromatic heterocycles. The summed E-state index contributed by atoms with van der Waals surface area (Å²) in [4.78, 5) is 22.4. The van der Waals surface area contributed by atoms with Crippen molar-refractivity contribution >= 4 is 11.9 Å². The van der Waals surface area contributed by atoms with Crippen LogP contribution in [0.1, 0.15) is 40.0 Å². The number of hydrogen-bond donors (Lipinski definition) is 4. The van der Waals surface area contributed by atoms with E-state index in [4.69, 9.17) is 10.8 Å². The van der Waals surface area contributed by atoms with Crippen LogP contribution < -0.4 is 11.1 Å². The van der Waals surface area contributed by atoms with Gasteiger partial charge in [0.2, 0.25) is 5.91 Å². The van der Waals surface area contributed by atoms with Crippen LogP contribution >= 0.6 is 0 Å². The molecule has 0 unspecified atom stereocenters. The molecule has 0 aliphatic rings. The van der Waals surface area contributed by atoms with Crippen LogP contribution in [-0.2, 0) is 9.59 Å². The van der Waals surface area contributed by atoms with Gasteiger partial charge in [0.25, 0.3) is 0 Å². The molecule has 0 aromatic carbocycles. The standard InChI is InChI=1S/C12H24N2O4/c1-8(15)10(11(17)18)14-9(16)4-5-12(2,3)6-7-13/h8,10,15H,4-7,13H2,1-3H3,(H,14,16)(H,17,18)/t8-,10+/m1/s1. The van der Waals surface area contributed by atoms with E-state index in [1.165, 1.54) is 6.92 Å². The van der Waals surface area contributed by atoms with Gasteiger partial charge in [0, 0.05) is 6.42 Å². The quantitative estimate of drug-likeness (QED) is 0.494. The zero-order valence-electron chi connectivity index (χ0n) is 11.3. The molecular weight excluding hydrogens is 236 g/mol. The highest BCUT2D eigenvalue weighted by Gasteiger charge is 2.26. The SMILES string of the molecule is C[C@@H](O)[C@H](NC(=O)CCC(C)(C)CCN)C(=O)O. The van der Waals surface area contributed by atoms with Crippen LogP contribution in [0.5, 0.6) is 0 Å². The number of carbonyl (C=O) groups excluding carboxylic acids is 1. The molecular formula is C12H24N2O4. The van der Waals surface area contributed by atoms with Gasteiger partial charge in [-0.25, -0.2) is 4.79 Å². The van der Waals surface area contributed by atoms with E-state index in [0.29, 0.717) is 13.0 Å². The zero-order valence-corrected chi connectivity index (χ0v) is 11.3. The van der Waals surface area contributed by atoms with Crippen molar-refractivity contribution in [3.8, 4) is 0 Å². The van der Waals surface area contributed by atoms with Crippen molar-refractivity contribution in [2.45, 2.75) is 52.2 Å². The minimum atomic E-state index is -1.25. The van der Waals surface area contributed by atoms with Crippen molar-refractivity contribution in [3.63, 3.8) is 0 Å². The predicted octanol–water partition coefficient (Wildman–Crippen LogP) is 0.0918. The molecule has 0 heterocycles. The van der Waals surface area contributed by atoms with E-state index in [1.807, 2.05) is 13.8 Å². The highest BCUT2D eigenvalue weighted by atomic mass is 16.4. The lowest BCUT2D eigenvalue weighted by Crippen LogP contribution is -2.47. The molecule has 6 nitrogen and oxygen atoms in total. The van der Waals surface area contributed by atoms with E-state index >= 15 is 0 Å². The number of carboxylic acid groups (broad SMARTS) is 1. The molecule has 0 saturated carbocycles. The second-order valence-corrected chi connectivity index (χ2v) is 5.33. The summed E-state index contributed by atoms with van der Waals surface area (Å²) in [7, 11) is 0. The van der Waals surface area contributed by atoms with Crippen LogP contribution in [0.25, 0.3) is 0 Å². The van der Waals surface area contributed by atoms with Gasteiger partial charge in [-0.3, -0.25) is 4.79 Å². The summed E-state index contributed by atoms with van der Waals surface area (Å²) in [5.74, 6) is -1.60. The Hall–Kier alpha value is -1.14. The molecule has 0 saturated heterocycles. The summed E-state index contributed by atoms with van der Waals surface area (Å²) in [5.41, 5.74) is 5.42. The van der Waals surface area contributed by atoms with E-state index < -0.39 is 18.1 Å². The summed E-state index contributed by atoms with van der Waals surface area (Å²) < 4.78 is 0. The van der Waals surface area contributed by atoms with E-state index in [1.54, 1.807) is 0 Å². The monoisotopic (exact) mass is 260 g/mol. The summed E-state index contributed by atoms with van der Waals surface area (Å²) in [6.45, 7) is 5.91. The highest BCUT2D eigenvalue weighted by Crippen LogP contribution is 2.25. The van der Waals surface area contributed by atoms with E-state index in [0.717, 1.165) is 6.42 Å². The number of aliphatic carboxylic acids is 1. The highest BCUT2D eigenvalue weighted by molar-refractivity contribution is 5.83. The normalized spacial score (nSPS) is 14.9. The molecule has 106 valence electrons. The Labute approximate surface area is 108 Å². The van der Waals surface area contributed by atoms with Crippen LogP contribution in [0.3, 0.4) is 0 Å². The summed E-state index contributed by atoms with van der Waals surface area (Å²) >= 11 is 0. The molecule has 0 bridgehead atoms. The first-order chi connectivity index (χ1) is 8.19. The van der Waals surface area contributed by atoms with Crippen molar-refractivity contribution in [2.75, 3.05) is 6.54 Å². The minimum absolute atomic E-state index is 0.0460. The summed E-state index contributed by atoms with van der Waals surface area (Å²) in [6.07, 6.45) is 0.536. The second kappa shape index (κ2) is 7.33. The third-order valence-corrected chi connectivity index (χ3v) is 2.91. The van der Waals surface area contributed by atoms with Gasteiger partial charge in [0.05, 0.1) is 6.10 Å². The average Bonchev–Trinajstić information content (AvgIpc) is 2.22. The number of aliphatic hydroxyl groups excluding tert-OH is 1. The van der Waals surface area contributed by atoms with Crippen molar-refractivity contribution in [1.82, 2.24) is 5.32 Å². The van der Waals surface area contributed by atoms with Gasteiger partial charge >= 0.3 is 5.97 Å². The van der Waals surface area contributed by atoms with Crippen LogP contribution in [0.2, 0.25) is 0 Å². The lowest BCUT2D eigenvalue weighted by atomic mass is 9.84.